The molecule has 0 spiro atoms. The summed E-state index contributed by atoms with van der Waals surface area (Å²) in [4.78, 5) is 11.8. The van der Waals surface area contributed by atoms with Gasteiger partial charge in [-0.05, 0) is 48.8 Å². The van der Waals surface area contributed by atoms with Gasteiger partial charge in [0.1, 0.15) is 0 Å². The van der Waals surface area contributed by atoms with E-state index in [2.05, 4.69) is 6.92 Å². The monoisotopic (exact) mass is 324 g/mol. The van der Waals surface area contributed by atoms with Crippen LogP contribution >= 0.6 is 0 Å². The van der Waals surface area contributed by atoms with Crippen molar-refractivity contribution in [3.63, 3.8) is 0 Å². The number of hydrogen-bond acceptors (Lipinski definition) is 4. The lowest BCUT2D eigenvalue weighted by atomic mass is 9.95. The third-order valence-corrected chi connectivity index (χ3v) is 6.30. The molecule has 3 unspecified atom stereocenters. The minimum Gasteiger partial charge on any atom is -0.469 e. The van der Waals surface area contributed by atoms with E-state index in [0.29, 0.717) is 23.2 Å². The summed E-state index contributed by atoms with van der Waals surface area (Å²) in [6.07, 6.45) is 2.46. The van der Waals surface area contributed by atoms with E-state index in [4.69, 9.17) is 4.74 Å². The molecular formula is C17H24O4S. The van der Waals surface area contributed by atoms with Crippen LogP contribution in [0.25, 0.3) is 0 Å². The maximum absolute atomic E-state index is 12.0. The van der Waals surface area contributed by atoms with Gasteiger partial charge >= 0.3 is 5.97 Å². The molecule has 0 heterocycles. The smallest absolute Gasteiger partial charge is 0.308 e. The molecule has 4 nitrogen and oxygen atoms in total. The van der Waals surface area contributed by atoms with Crippen molar-refractivity contribution in [1.82, 2.24) is 0 Å². The van der Waals surface area contributed by atoms with Crippen LogP contribution in [-0.2, 0) is 19.4 Å². The predicted molar refractivity (Wildman–Crippen MR) is 85.4 cm³/mol. The highest BCUT2D eigenvalue weighted by Crippen LogP contribution is 2.45. The molecule has 0 amide bonds. The van der Waals surface area contributed by atoms with Crippen molar-refractivity contribution in [1.29, 1.82) is 0 Å². The van der Waals surface area contributed by atoms with E-state index in [1.165, 1.54) is 7.11 Å². The van der Waals surface area contributed by atoms with Crippen LogP contribution in [0.15, 0.2) is 29.2 Å². The quantitative estimate of drug-likeness (QED) is 0.723. The lowest BCUT2D eigenvalue weighted by Gasteiger charge is -2.12. The number of benzene rings is 1. The van der Waals surface area contributed by atoms with Crippen LogP contribution in [0.2, 0.25) is 0 Å². The molecule has 0 aliphatic heterocycles. The fraction of sp³-hybridized carbons (Fsp3) is 0.588. The van der Waals surface area contributed by atoms with Crippen LogP contribution in [-0.4, -0.2) is 27.2 Å². The van der Waals surface area contributed by atoms with Crippen molar-refractivity contribution in [2.24, 2.45) is 11.8 Å². The van der Waals surface area contributed by atoms with Crippen LogP contribution in [0.1, 0.15) is 44.6 Å². The Labute approximate surface area is 132 Å². The average Bonchev–Trinajstić information content (AvgIpc) is 3.25. The Morgan fingerprint density at radius 1 is 1.32 bits per heavy atom. The Morgan fingerprint density at radius 2 is 1.95 bits per heavy atom. The third-order valence-electron chi connectivity index (χ3n) is 4.36. The lowest BCUT2D eigenvalue weighted by molar-refractivity contribution is -0.142. The van der Waals surface area contributed by atoms with Gasteiger partial charge in [0.25, 0.3) is 0 Å². The van der Waals surface area contributed by atoms with Crippen LogP contribution < -0.4 is 0 Å². The van der Waals surface area contributed by atoms with Crippen LogP contribution in [0.3, 0.4) is 0 Å². The highest BCUT2D eigenvalue weighted by Gasteiger charge is 2.44. The number of carbonyl (C=O) groups excluding carboxylic acids is 1. The van der Waals surface area contributed by atoms with Gasteiger partial charge in [0.2, 0.25) is 0 Å². The molecule has 0 bridgehead atoms. The van der Waals surface area contributed by atoms with Gasteiger partial charge in [-0.15, -0.1) is 0 Å². The first kappa shape index (κ1) is 17.0. The van der Waals surface area contributed by atoms with Gasteiger partial charge < -0.3 is 4.74 Å². The summed E-state index contributed by atoms with van der Waals surface area (Å²) in [5.41, 5.74) is 1.12. The fourth-order valence-electron chi connectivity index (χ4n) is 2.93. The van der Waals surface area contributed by atoms with Crippen molar-refractivity contribution in [3.8, 4) is 0 Å². The van der Waals surface area contributed by atoms with E-state index >= 15 is 0 Å². The van der Waals surface area contributed by atoms with Crippen molar-refractivity contribution in [2.45, 2.75) is 43.9 Å². The van der Waals surface area contributed by atoms with Crippen LogP contribution in [0.5, 0.6) is 0 Å². The minimum atomic E-state index is -3.15. The molecule has 0 aromatic heterocycles. The zero-order valence-electron chi connectivity index (χ0n) is 13.4. The van der Waals surface area contributed by atoms with Crippen molar-refractivity contribution < 1.29 is 17.9 Å². The van der Waals surface area contributed by atoms with Gasteiger partial charge in [0.05, 0.1) is 23.7 Å². The summed E-state index contributed by atoms with van der Waals surface area (Å²) in [6, 6.07) is 7.18. The fourth-order valence-corrected chi connectivity index (χ4v) is 4.25. The molecule has 22 heavy (non-hydrogen) atoms. The number of rotatable bonds is 7. The largest absolute Gasteiger partial charge is 0.469 e. The van der Waals surface area contributed by atoms with Gasteiger partial charge in [-0.25, -0.2) is 8.42 Å². The van der Waals surface area contributed by atoms with Gasteiger partial charge in [-0.1, -0.05) is 26.0 Å². The van der Waals surface area contributed by atoms with E-state index in [1.807, 2.05) is 19.1 Å². The predicted octanol–water partition coefficient (Wildman–Crippen LogP) is 3.17. The molecule has 1 fully saturated rings. The molecule has 0 N–H and O–H groups in total. The summed E-state index contributed by atoms with van der Waals surface area (Å²) in [6.45, 7) is 3.98. The first-order valence-electron chi connectivity index (χ1n) is 7.79. The van der Waals surface area contributed by atoms with E-state index in [1.54, 1.807) is 12.1 Å². The lowest BCUT2D eigenvalue weighted by Crippen LogP contribution is -2.07. The maximum Gasteiger partial charge on any atom is 0.308 e. The molecule has 5 heteroatoms. The topological polar surface area (TPSA) is 60.4 Å². The van der Waals surface area contributed by atoms with E-state index in [0.717, 1.165) is 18.4 Å². The Kier molecular flexibility index (Phi) is 5.27. The molecule has 2 rings (SSSR count). The number of sulfone groups is 1. The first-order valence-corrected chi connectivity index (χ1v) is 9.44. The van der Waals surface area contributed by atoms with Crippen molar-refractivity contribution in [3.05, 3.63) is 29.8 Å². The van der Waals surface area contributed by atoms with E-state index in [-0.39, 0.29) is 17.6 Å². The van der Waals surface area contributed by atoms with E-state index in [9.17, 15) is 13.2 Å². The summed E-state index contributed by atoms with van der Waals surface area (Å²) in [5.74, 6) is 0.827. The second-order valence-electron chi connectivity index (χ2n) is 6.15. The van der Waals surface area contributed by atoms with Crippen LogP contribution in [0, 0.1) is 11.8 Å². The summed E-state index contributed by atoms with van der Waals surface area (Å²) in [7, 11) is -1.72. The Morgan fingerprint density at radius 3 is 2.50 bits per heavy atom. The zero-order chi connectivity index (χ0) is 16.3. The first-order chi connectivity index (χ1) is 10.4. The zero-order valence-corrected chi connectivity index (χ0v) is 14.2. The number of esters is 1. The van der Waals surface area contributed by atoms with E-state index < -0.39 is 9.84 Å². The molecule has 122 valence electrons. The molecule has 1 aromatic rings. The standard InChI is InChI=1S/C17H24O4S/c1-4-9-22(19,20)15-7-5-13(6-8-15)12(2)10-14-11-16(14)17(18)21-3/h5-8,12,14,16H,4,9-11H2,1-3H3. The normalized spacial score (nSPS) is 22.1. The molecule has 0 radical (unpaired) electrons. The van der Waals surface area contributed by atoms with Gasteiger partial charge in [0, 0.05) is 0 Å². The summed E-state index contributed by atoms with van der Waals surface area (Å²) < 4.78 is 28.8. The minimum absolute atomic E-state index is 0.0525. The highest BCUT2D eigenvalue weighted by molar-refractivity contribution is 7.91. The van der Waals surface area contributed by atoms with Crippen molar-refractivity contribution in [2.75, 3.05) is 12.9 Å². The summed E-state index contributed by atoms with van der Waals surface area (Å²) in [5, 5.41) is 0. The highest BCUT2D eigenvalue weighted by atomic mass is 32.2. The van der Waals surface area contributed by atoms with Crippen LogP contribution in [0.4, 0.5) is 0 Å². The Balaban J connectivity index is 1.98. The molecule has 1 aliphatic rings. The molecule has 3 atom stereocenters. The Bertz CT molecular complexity index is 619. The number of methoxy groups -OCH3 is 1. The maximum atomic E-state index is 12.0. The number of hydrogen-bond donors (Lipinski definition) is 0. The van der Waals surface area contributed by atoms with Gasteiger partial charge in [-0.2, -0.15) is 0 Å². The summed E-state index contributed by atoms with van der Waals surface area (Å²) >= 11 is 0. The molecule has 1 saturated carbocycles. The third kappa shape index (κ3) is 3.88. The number of carbonyl (C=O) groups is 1. The second-order valence-corrected chi connectivity index (χ2v) is 8.26. The molecular weight excluding hydrogens is 300 g/mol. The number of ether oxygens (including phenoxy) is 1. The SMILES string of the molecule is CCCS(=O)(=O)c1ccc(C(C)CC2CC2C(=O)OC)cc1. The molecule has 0 saturated heterocycles. The van der Waals surface area contributed by atoms with Crippen molar-refractivity contribution >= 4 is 15.8 Å². The second kappa shape index (κ2) is 6.82. The Hall–Kier alpha value is -1.36. The average molecular weight is 324 g/mol. The molecule has 1 aromatic carbocycles. The van der Waals surface area contributed by atoms with Gasteiger partial charge in [0.15, 0.2) is 9.84 Å². The molecule has 1 aliphatic carbocycles. The van der Waals surface area contributed by atoms with Gasteiger partial charge in [-0.3, -0.25) is 4.79 Å².